The molecule has 0 spiro atoms. The maximum Gasteiger partial charge on any atom is 0.335 e. The van der Waals surface area contributed by atoms with Crippen molar-refractivity contribution in [1.82, 2.24) is 65.1 Å². The molecule has 1 saturated heterocycles. The minimum atomic E-state index is -1.78. The Hall–Kier alpha value is -7.71. The van der Waals surface area contributed by atoms with E-state index in [-0.39, 0.29) is 67.8 Å². The number of amides is 11. The van der Waals surface area contributed by atoms with E-state index in [9.17, 15) is 48.6 Å². The van der Waals surface area contributed by atoms with Gasteiger partial charge in [0.1, 0.15) is 66.2 Å². The third kappa shape index (κ3) is 20.9. The van der Waals surface area contributed by atoms with E-state index in [1.807, 2.05) is 55.4 Å². The molecule has 0 radical (unpaired) electrons. The lowest BCUT2D eigenvalue weighted by Gasteiger charge is -2.41. The van der Waals surface area contributed by atoms with Crippen molar-refractivity contribution in [1.29, 1.82) is 0 Å². The largest absolute Gasteiger partial charge is 0.478 e. The molecule has 6 N–H and O–H groups in total. The second-order valence-corrected chi connectivity index (χ2v) is 28.6. The first-order valence-electron chi connectivity index (χ1n) is 33.4. The van der Waals surface area contributed by atoms with Crippen LogP contribution in [0.5, 0.6) is 0 Å². The fourth-order valence-corrected chi connectivity index (χ4v) is 12.2. The van der Waals surface area contributed by atoms with Gasteiger partial charge in [0.2, 0.25) is 65.0 Å². The highest BCUT2D eigenvalue weighted by atomic mass is 16.4. The second kappa shape index (κ2) is 35.3. The molecule has 27 nitrogen and oxygen atoms in total. The van der Waals surface area contributed by atoms with Gasteiger partial charge in [0.25, 0.3) is 0 Å². The molecule has 27 heteroatoms. The fraction of sp³-hybridized carbons (Fsp3) is 0.721. The quantitative estimate of drug-likeness (QED) is 0.141. The Balaban J connectivity index is 2.35. The van der Waals surface area contributed by atoms with Crippen LogP contribution < -0.4 is 21.3 Å². The number of nitrogens with zero attached hydrogens (tertiary/aromatic N) is 9. The Morgan fingerprint density at radius 2 is 0.968 bits per heavy atom. The molecule has 1 aliphatic rings. The molecule has 1 aromatic carbocycles. The maximum absolute atomic E-state index is 15.5. The van der Waals surface area contributed by atoms with E-state index in [1.165, 1.54) is 99.8 Å². The van der Waals surface area contributed by atoms with E-state index >= 15 is 19.2 Å². The predicted octanol–water partition coefficient (Wildman–Crippen LogP) is 3.13. The number of carboxylic acids is 1. The lowest BCUT2D eigenvalue weighted by atomic mass is 9.91. The molecule has 2 aromatic rings. The summed E-state index contributed by atoms with van der Waals surface area (Å²) in [5.74, 6) is -11.5. The second-order valence-electron chi connectivity index (χ2n) is 28.6. The van der Waals surface area contributed by atoms with Crippen molar-refractivity contribution in [2.75, 3.05) is 55.9 Å². The molecule has 1 fully saturated rings. The molecular formula is C68H113N13O14. The normalized spacial score (nSPS) is 25.3. The van der Waals surface area contributed by atoms with E-state index < -0.39 is 162 Å². The number of fused-ring (bicyclic) bond motifs is 1. The van der Waals surface area contributed by atoms with Gasteiger partial charge >= 0.3 is 5.97 Å². The van der Waals surface area contributed by atoms with Crippen molar-refractivity contribution in [3.8, 4) is 0 Å². The van der Waals surface area contributed by atoms with Gasteiger partial charge in [-0.05, 0) is 106 Å². The van der Waals surface area contributed by atoms with Crippen molar-refractivity contribution in [3.63, 3.8) is 0 Å². The number of nitrogens with one attached hydrogen (secondary N) is 4. The van der Waals surface area contributed by atoms with Crippen LogP contribution in [-0.4, -0.2) is 247 Å². The van der Waals surface area contributed by atoms with Crippen LogP contribution in [0.3, 0.4) is 0 Å². The Bertz CT molecular complexity index is 3070. The van der Waals surface area contributed by atoms with Crippen LogP contribution in [-0.2, 0) is 66.2 Å². The fourth-order valence-electron chi connectivity index (χ4n) is 12.2. The molecule has 0 aliphatic carbocycles. The number of hydrogen-bond acceptors (Lipinski definition) is 14. The Kier molecular flexibility index (Phi) is 30.3. The average molecular weight is 1340 g/mol. The summed E-state index contributed by atoms with van der Waals surface area (Å²) >= 11 is 0. The van der Waals surface area contributed by atoms with E-state index in [0.29, 0.717) is 16.9 Å². The number of carbonyl (C=O) groups excluding carboxylic acids is 11. The smallest absolute Gasteiger partial charge is 0.335 e. The number of rotatable bonds is 16. The number of likely N-dealkylation sites (N-methyl/N-ethyl adjacent to an activating group) is 7. The zero-order valence-corrected chi connectivity index (χ0v) is 60.9. The third-order valence-corrected chi connectivity index (χ3v) is 18.1. The van der Waals surface area contributed by atoms with Crippen LogP contribution in [0.2, 0.25) is 0 Å². The molecular weight excluding hydrogens is 1220 g/mol. The van der Waals surface area contributed by atoms with E-state index in [0.717, 1.165) is 9.80 Å². The summed E-state index contributed by atoms with van der Waals surface area (Å²) in [4.78, 5) is 187. The molecule has 12 unspecified atom stereocenters. The number of aliphatic hydroxyl groups excluding tert-OH is 1. The van der Waals surface area contributed by atoms with Gasteiger partial charge in [0, 0.05) is 62.8 Å². The summed E-state index contributed by atoms with van der Waals surface area (Å²) in [5, 5.41) is 33.3. The van der Waals surface area contributed by atoms with Gasteiger partial charge in [-0.25, -0.2) is 9.78 Å². The third-order valence-electron chi connectivity index (χ3n) is 18.1. The molecule has 534 valence electrons. The van der Waals surface area contributed by atoms with E-state index in [1.54, 1.807) is 59.2 Å². The minimum Gasteiger partial charge on any atom is -0.478 e. The molecule has 3 rings (SSSR count). The van der Waals surface area contributed by atoms with Gasteiger partial charge in [-0.1, -0.05) is 96.9 Å². The predicted molar refractivity (Wildman–Crippen MR) is 360 cm³/mol. The maximum atomic E-state index is 15.5. The summed E-state index contributed by atoms with van der Waals surface area (Å²) in [6.07, 6.45) is -1.29. The monoisotopic (exact) mass is 1340 g/mol. The zero-order valence-electron chi connectivity index (χ0n) is 60.9. The molecule has 1 aliphatic heterocycles. The van der Waals surface area contributed by atoms with Crippen molar-refractivity contribution in [3.05, 3.63) is 29.6 Å². The highest BCUT2D eigenvalue weighted by molar-refractivity contribution is 6.00. The standard InChI is InChI=1S/C68H113N13O14/c1-25-45-63(89)74(17)34-53(82)76(19)48(28-35(2)3)60(86)73-54(39(10)11)66(92)77(20)49(29-36(4)5)59(85)69-42(15)58(84)70-43(16)62(88)78(21)50(30-37(6)7)64(90)79(22)51(31-38(8)9)65(91)80(23)55(40(12)13)67(93)81(24)56(61(87)72-45)57(83)41(14)32-52-71-46-33-44(68(94)95)26-27-47(46)75(52)18/h26-27,33,35-43,45,48-51,54-57,83H,25,28-32,34H2,1-24H3,(H,69,85)(H,70,84)(H,72,87)(H,73,86)(H,94,95). The SMILES string of the molecule is CCC1NC(=O)C(C(O)C(C)Cc2nc3cc(C(=O)O)ccc3n2C)N(C)C(=O)C(C(C)C)N(C)C(=O)C(CC(C)C)N(C)C(=O)C(CC(C)C)N(C)C(=O)C(C)NC(=O)C(C)NC(=O)C(CC(C)C)N(C)C(=O)C(C(C)C)NC(=O)C(CC(C)C)N(C)C(=O)CN(C)C1=O. The first kappa shape index (κ1) is 81.5. The number of aromatic nitrogens is 2. The van der Waals surface area contributed by atoms with Crippen molar-refractivity contribution in [2.24, 2.45) is 48.5 Å². The van der Waals surface area contributed by atoms with Gasteiger partial charge < -0.3 is 70.3 Å². The Morgan fingerprint density at radius 1 is 0.516 bits per heavy atom. The number of aryl methyl sites for hydroxylation is 1. The number of benzene rings is 1. The van der Waals surface area contributed by atoms with Gasteiger partial charge in [-0.15, -0.1) is 0 Å². The van der Waals surface area contributed by atoms with Crippen molar-refractivity contribution >= 4 is 82.0 Å². The van der Waals surface area contributed by atoms with Crippen LogP contribution in [0.25, 0.3) is 11.0 Å². The number of carbonyl (C=O) groups is 12. The summed E-state index contributed by atoms with van der Waals surface area (Å²) in [6.45, 7) is 27.1. The summed E-state index contributed by atoms with van der Waals surface area (Å²) in [7, 11) is 11.4. The van der Waals surface area contributed by atoms with Gasteiger partial charge in [-0.3, -0.25) is 52.7 Å². The highest BCUT2D eigenvalue weighted by Gasteiger charge is 2.46. The minimum absolute atomic E-state index is 0.000361. The Labute approximate surface area is 562 Å². The van der Waals surface area contributed by atoms with Gasteiger partial charge in [0.05, 0.1) is 29.2 Å². The van der Waals surface area contributed by atoms with E-state index in [4.69, 9.17) is 0 Å². The molecule has 0 saturated carbocycles. The molecule has 0 bridgehead atoms. The zero-order chi connectivity index (χ0) is 72.9. The average Bonchev–Trinajstić information content (AvgIpc) is 1.76. The number of imidazole rings is 1. The van der Waals surface area contributed by atoms with Crippen molar-refractivity contribution < 1.29 is 67.7 Å². The Morgan fingerprint density at radius 3 is 1.45 bits per heavy atom. The molecule has 95 heavy (non-hydrogen) atoms. The lowest BCUT2D eigenvalue weighted by molar-refractivity contribution is -0.157. The molecule has 2 heterocycles. The van der Waals surface area contributed by atoms with Crippen LogP contribution in [0, 0.1) is 41.4 Å². The first-order valence-corrected chi connectivity index (χ1v) is 33.4. The summed E-state index contributed by atoms with van der Waals surface area (Å²) < 4.78 is 1.72. The lowest BCUT2D eigenvalue weighted by Crippen LogP contribution is -2.63. The van der Waals surface area contributed by atoms with Crippen LogP contribution >= 0.6 is 0 Å². The van der Waals surface area contributed by atoms with Gasteiger partial charge in [-0.2, -0.15) is 0 Å². The summed E-state index contributed by atoms with van der Waals surface area (Å²) in [6, 6.07) is -8.50. The number of carboxylic acid groups (broad SMARTS) is 1. The number of aliphatic hydroxyl groups is 1. The number of hydrogen-bond donors (Lipinski definition) is 6. The van der Waals surface area contributed by atoms with Gasteiger partial charge in [0.15, 0.2) is 0 Å². The molecule has 1 aromatic heterocycles. The van der Waals surface area contributed by atoms with Crippen molar-refractivity contribution in [2.45, 2.75) is 216 Å². The van der Waals surface area contributed by atoms with Crippen LogP contribution in [0.1, 0.15) is 159 Å². The van der Waals surface area contributed by atoms with Crippen LogP contribution in [0.15, 0.2) is 18.2 Å². The first-order chi connectivity index (χ1) is 43.9. The summed E-state index contributed by atoms with van der Waals surface area (Å²) in [5.41, 5.74) is 0.941. The highest BCUT2D eigenvalue weighted by Crippen LogP contribution is 2.27. The molecule has 12 atom stereocenters. The van der Waals surface area contributed by atoms with E-state index in [2.05, 4.69) is 26.3 Å². The topological polar surface area (TPSA) is 334 Å². The number of aromatic carboxylic acids is 1. The van der Waals surface area contributed by atoms with Crippen LogP contribution in [0.4, 0.5) is 0 Å². The molecule has 11 amide bonds.